The third-order valence-electron chi connectivity index (χ3n) is 8.31. The number of aromatic nitrogens is 6. The second kappa shape index (κ2) is 12.7. The lowest BCUT2D eigenvalue weighted by atomic mass is 10.1. The highest BCUT2D eigenvalue weighted by Gasteiger charge is 2.37. The smallest absolute Gasteiger partial charge is 0.321 e. The van der Waals surface area contributed by atoms with Gasteiger partial charge in [-0.05, 0) is 72.3 Å². The highest BCUT2D eigenvalue weighted by Crippen LogP contribution is 2.26. The van der Waals surface area contributed by atoms with E-state index in [1.807, 2.05) is 57.9 Å². The zero-order chi connectivity index (χ0) is 32.3. The van der Waals surface area contributed by atoms with Crippen molar-refractivity contribution in [3.8, 4) is 22.7 Å². The SMILES string of the molecule is Cc1n(-c2ccccc2)nc(C(=Cc2ccc(N(C)C)cc2)c2nn(-c3ccccc3)c(C)[n+]2-c2ccccc2)[n+]1-c1ccccc1. The van der Waals surface area contributed by atoms with E-state index in [9.17, 15) is 0 Å². The minimum Gasteiger partial charge on any atom is -0.378 e. The van der Waals surface area contributed by atoms with Gasteiger partial charge < -0.3 is 4.90 Å². The van der Waals surface area contributed by atoms with E-state index in [0.29, 0.717) is 0 Å². The van der Waals surface area contributed by atoms with E-state index in [1.165, 1.54) is 0 Å². The van der Waals surface area contributed by atoms with Gasteiger partial charge in [0.15, 0.2) is 0 Å². The Kier molecular flexibility index (Phi) is 8.02. The predicted molar refractivity (Wildman–Crippen MR) is 187 cm³/mol. The van der Waals surface area contributed by atoms with Crippen LogP contribution in [-0.4, -0.2) is 33.7 Å². The van der Waals surface area contributed by atoms with Gasteiger partial charge in [-0.2, -0.15) is 9.13 Å². The first-order chi connectivity index (χ1) is 23.0. The molecule has 0 aliphatic rings. The molecule has 0 fully saturated rings. The Hall–Kier alpha value is -6.08. The summed E-state index contributed by atoms with van der Waals surface area (Å²) in [4.78, 5) is 2.11. The summed E-state index contributed by atoms with van der Waals surface area (Å²) in [5, 5.41) is 10.7. The molecule has 2 heterocycles. The van der Waals surface area contributed by atoms with Crippen LogP contribution < -0.4 is 14.0 Å². The van der Waals surface area contributed by atoms with Gasteiger partial charge in [0.2, 0.25) is 11.6 Å². The second-order valence-corrected chi connectivity index (χ2v) is 11.6. The summed E-state index contributed by atoms with van der Waals surface area (Å²) in [6, 6.07) is 50.0. The molecule has 2 aromatic heterocycles. The van der Waals surface area contributed by atoms with E-state index in [0.717, 1.165) is 62.9 Å². The van der Waals surface area contributed by atoms with Crippen molar-refractivity contribution in [2.45, 2.75) is 13.8 Å². The van der Waals surface area contributed by atoms with Gasteiger partial charge in [0.25, 0.3) is 0 Å². The standard InChI is InChI=1S/C40H37N7/c1-30-44(34-17-9-5-10-18-34)39(41-46(30)36-21-13-7-14-22-36)38(29-32-25-27-33(28-26-32)43(3)4)40-42-47(37-23-15-8-16-24-37)31(2)45(40)35-19-11-6-12-20-35/h5-29H,1-4H3/q+2. The first kappa shape index (κ1) is 29.6. The minimum atomic E-state index is 0.775. The normalized spacial score (nSPS) is 11.0. The molecule has 0 saturated heterocycles. The highest BCUT2D eigenvalue weighted by atomic mass is 15.4. The predicted octanol–water partition coefficient (Wildman–Crippen LogP) is 6.88. The van der Waals surface area contributed by atoms with Gasteiger partial charge in [-0.25, -0.2) is 0 Å². The summed E-state index contributed by atoms with van der Waals surface area (Å²) < 4.78 is 8.47. The lowest BCUT2D eigenvalue weighted by Crippen LogP contribution is -2.40. The zero-order valence-electron chi connectivity index (χ0n) is 27.1. The average Bonchev–Trinajstić information content (AvgIpc) is 3.65. The maximum atomic E-state index is 5.36. The van der Waals surface area contributed by atoms with E-state index < -0.39 is 0 Å². The molecule has 0 unspecified atom stereocenters. The van der Waals surface area contributed by atoms with Crippen LogP contribution in [-0.2, 0) is 0 Å². The molecule has 0 saturated carbocycles. The van der Waals surface area contributed by atoms with Gasteiger partial charge in [-0.3, -0.25) is 0 Å². The maximum absolute atomic E-state index is 5.36. The van der Waals surface area contributed by atoms with Gasteiger partial charge in [0.05, 0.1) is 10.2 Å². The van der Waals surface area contributed by atoms with E-state index in [1.54, 1.807) is 0 Å². The Morgan fingerprint density at radius 3 is 1.30 bits per heavy atom. The fourth-order valence-electron chi connectivity index (χ4n) is 5.93. The largest absolute Gasteiger partial charge is 0.378 e. The number of anilines is 1. The lowest BCUT2D eigenvalue weighted by molar-refractivity contribution is -0.613. The minimum absolute atomic E-state index is 0.775. The molecular weight excluding hydrogens is 578 g/mol. The monoisotopic (exact) mass is 615 g/mol. The topological polar surface area (TPSA) is 46.6 Å². The Morgan fingerprint density at radius 1 is 0.532 bits per heavy atom. The van der Waals surface area contributed by atoms with Crippen LogP contribution in [0.15, 0.2) is 146 Å². The van der Waals surface area contributed by atoms with Crippen LogP contribution in [0.25, 0.3) is 34.4 Å². The van der Waals surface area contributed by atoms with Crippen molar-refractivity contribution in [2.24, 2.45) is 0 Å². The number of nitrogens with zero attached hydrogens (tertiary/aromatic N) is 7. The average molecular weight is 616 g/mol. The molecule has 0 atom stereocenters. The molecule has 0 N–H and O–H groups in total. The number of para-hydroxylation sites is 4. The van der Waals surface area contributed by atoms with Crippen molar-refractivity contribution in [1.29, 1.82) is 0 Å². The molecule has 0 bridgehead atoms. The van der Waals surface area contributed by atoms with Crippen molar-refractivity contribution in [3.63, 3.8) is 0 Å². The first-order valence-corrected chi connectivity index (χ1v) is 15.7. The second-order valence-electron chi connectivity index (χ2n) is 11.6. The van der Waals surface area contributed by atoms with Gasteiger partial charge in [0, 0.05) is 33.6 Å². The number of benzene rings is 5. The molecule has 0 spiro atoms. The molecule has 5 aromatic carbocycles. The quantitative estimate of drug-likeness (QED) is 0.175. The summed E-state index contributed by atoms with van der Waals surface area (Å²) in [5.41, 5.74) is 7.06. The number of rotatable bonds is 8. The van der Waals surface area contributed by atoms with Crippen LogP contribution in [0, 0.1) is 13.8 Å². The Morgan fingerprint density at radius 2 is 0.915 bits per heavy atom. The Balaban J connectivity index is 1.57. The summed E-state index contributed by atoms with van der Waals surface area (Å²) in [6.45, 7) is 4.22. The molecular formula is C40H37N7+2. The van der Waals surface area contributed by atoms with Crippen molar-refractivity contribution in [1.82, 2.24) is 19.6 Å². The van der Waals surface area contributed by atoms with E-state index in [2.05, 4.69) is 145 Å². The van der Waals surface area contributed by atoms with Crippen molar-refractivity contribution in [3.05, 3.63) is 174 Å². The van der Waals surface area contributed by atoms with E-state index in [4.69, 9.17) is 10.2 Å². The molecule has 7 heteroatoms. The molecule has 7 rings (SSSR count). The van der Waals surface area contributed by atoms with Crippen LogP contribution >= 0.6 is 0 Å². The van der Waals surface area contributed by atoms with Crippen LogP contribution in [0.3, 0.4) is 0 Å². The van der Waals surface area contributed by atoms with Gasteiger partial charge in [0.1, 0.15) is 28.3 Å². The maximum Gasteiger partial charge on any atom is 0.321 e. The van der Waals surface area contributed by atoms with Crippen LogP contribution in [0.4, 0.5) is 5.69 Å². The summed E-state index contributed by atoms with van der Waals surface area (Å²) in [7, 11) is 4.11. The summed E-state index contributed by atoms with van der Waals surface area (Å²) >= 11 is 0. The fraction of sp³-hybridized carbons (Fsp3) is 0.100. The third-order valence-corrected chi connectivity index (χ3v) is 8.31. The van der Waals surface area contributed by atoms with Gasteiger partial charge >= 0.3 is 11.6 Å². The zero-order valence-corrected chi connectivity index (χ0v) is 27.1. The molecule has 0 aliphatic carbocycles. The van der Waals surface area contributed by atoms with Crippen molar-refractivity contribution < 1.29 is 9.13 Å². The van der Waals surface area contributed by atoms with E-state index in [-0.39, 0.29) is 0 Å². The fourth-order valence-corrected chi connectivity index (χ4v) is 5.93. The molecule has 47 heavy (non-hydrogen) atoms. The van der Waals surface area contributed by atoms with E-state index >= 15 is 0 Å². The number of hydrogen-bond donors (Lipinski definition) is 0. The molecule has 0 amide bonds. The van der Waals surface area contributed by atoms with Crippen molar-refractivity contribution in [2.75, 3.05) is 19.0 Å². The Labute approximate surface area is 275 Å². The molecule has 7 aromatic rings. The first-order valence-electron chi connectivity index (χ1n) is 15.7. The number of hydrogen-bond acceptors (Lipinski definition) is 3. The van der Waals surface area contributed by atoms with Crippen LogP contribution in [0.2, 0.25) is 0 Å². The molecule has 7 nitrogen and oxygen atoms in total. The van der Waals surface area contributed by atoms with Crippen LogP contribution in [0.5, 0.6) is 0 Å². The lowest BCUT2D eigenvalue weighted by Gasteiger charge is -2.12. The third kappa shape index (κ3) is 5.75. The highest BCUT2D eigenvalue weighted by molar-refractivity contribution is 5.85. The summed E-state index contributed by atoms with van der Waals surface area (Å²) in [6.07, 6.45) is 2.20. The Bertz CT molecular complexity index is 2020. The van der Waals surface area contributed by atoms with Gasteiger partial charge in [-0.15, -0.1) is 0 Å². The molecule has 0 aliphatic heterocycles. The van der Waals surface area contributed by atoms with Gasteiger partial charge in [-0.1, -0.05) is 94.3 Å². The van der Waals surface area contributed by atoms with Crippen LogP contribution in [0.1, 0.15) is 28.9 Å². The molecule has 0 radical (unpaired) electrons. The van der Waals surface area contributed by atoms with Crippen molar-refractivity contribution >= 4 is 17.3 Å². The molecule has 230 valence electrons. The summed E-state index contributed by atoms with van der Waals surface area (Å²) in [5.74, 6) is 3.49.